The van der Waals surface area contributed by atoms with Crippen LogP contribution in [0.2, 0.25) is 0 Å². The van der Waals surface area contributed by atoms with Gasteiger partial charge in [0.25, 0.3) is 0 Å². The molecule has 0 aliphatic carbocycles. The molecule has 1 unspecified atom stereocenters. The summed E-state index contributed by atoms with van der Waals surface area (Å²) in [5.74, 6) is -0.542. The molecule has 0 saturated carbocycles. The maximum absolute atomic E-state index is 12.6. The van der Waals surface area contributed by atoms with E-state index in [2.05, 4.69) is 15.3 Å². The predicted octanol–water partition coefficient (Wildman–Crippen LogP) is 2.52. The molecular weight excluding hydrogens is 374 g/mol. The summed E-state index contributed by atoms with van der Waals surface area (Å²) in [6.45, 7) is 9.44. The van der Waals surface area contributed by atoms with Gasteiger partial charge in [0.2, 0.25) is 5.91 Å². The van der Waals surface area contributed by atoms with Gasteiger partial charge in [-0.2, -0.15) is 5.10 Å². The highest BCUT2D eigenvalue weighted by molar-refractivity contribution is 5.92. The molecule has 0 bridgehead atoms. The number of aryl methyl sites for hydroxylation is 1. The van der Waals surface area contributed by atoms with E-state index in [9.17, 15) is 14.9 Å². The zero-order chi connectivity index (χ0) is 21.0. The van der Waals surface area contributed by atoms with Crippen molar-refractivity contribution in [1.82, 2.24) is 14.7 Å². The van der Waals surface area contributed by atoms with E-state index < -0.39 is 10.8 Å². The Morgan fingerprint density at radius 1 is 1.34 bits per heavy atom. The number of hydrogen-bond donors (Lipinski definition) is 1. The Balaban J connectivity index is 1.62. The van der Waals surface area contributed by atoms with Crippen LogP contribution in [0.25, 0.3) is 0 Å². The molecule has 2 heterocycles. The molecule has 1 aliphatic rings. The van der Waals surface area contributed by atoms with E-state index in [0.29, 0.717) is 11.4 Å². The van der Waals surface area contributed by atoms with Gasteiger partial charge in [0.05, 0.1) is 30.6 Å². The molecule has 156 valence electrons. The lowest BCUT2D eigenvalue weighted by Gasteiger charge is -2.26. The van der Waals surface area contributed by atoms with Crippen molar-refractivity contribution in [3.63, 3.8) is 0 Å². The number of nitrogens with one attached hydrogen (secondary N) is 1. The van der Waals surface area contributed by atoms with Crippen LogP contribution < -0.4 is 5.32 Å². The quantitative estimate of drug-likeness (QED) is 0.565. The highest BCUT2D eigenvalue weighted by Gasteiger charge is 2.24. The van der Waals surface area contributed by atoms with Crippen molar-refractivity contribution >= 4 is 17.3 Å². The molecule has 1 amide bonds. The molecule has 1 aromatic carbocycles. The van der Waals surface area contributed by atoms with Crippen molar-refractivity contribution in [2.75, 3.05) is 31.6 Å². The predicted molar refractivity (Wildman–Crippen MR) is 109 cm³/mol. The molecule has 0 spiro atoms. The molecule has 1 aliphatic heterocycles. The molecule has 3 rings (SSSR count). The van der Waals surface area contributed by atoms with E-state index in [4.69, 9.17) is 4.74 Å². The average molecular weight is 401 g/mol. The number of morpholine rings is 1. The number of nitrogens with zero attached hydrogens (tertiary/aromatic N) is 4. The van der Waals surface area contributed by atoms with Crippen LogP contribution in [0, 0.1) is 29.9 Å². The van der Waals surface area contributed by atoms with Gasteiger partial charge in [0.1, 0.15) is 11.4 Å². The van der Waals surface area contributed by atoms with Crippen LogP contribution in [-0.2, 0) is 22.6 Å². The molecule has 9 nitrogen and oxygen atoms in total. The number of ether oxygens (including phenoxy) is 1. The minimum absolute atomic E-state index is 0.00780. The van der Waals surface area contributed by atoms with Gasteiger partial charge >= 0.3 is 5.69 Å². The fourth-order valence-electron chi connectivity index (χ4n) is 3.50. The summed E-state index contributed by atoms with van der Waals surface area (Å²) in [4.78, 5) is 25.7. The number of rotatable bonds is 7. The fourth-order valence-corrected chi connectivity index (χ4v) is 3.50. The molecule has 1 N–H and O–H groups in total. The van der Waals surface area contributed by atoms with Crippen LogP contribution in [0.5, 0.6) is 0 Å². The van der Waals surface area contributed by atoms with Gasteiger partial charge in [-0.1, -0.05) is 19.1 Å². The number of benzene rings is 1. The first-order chi connectivity index (χ1) is 13.8. The SMILES string of the molecule is Cc1nn(CC(C)C(=O)Nc2cccc(CN3CCOCC3)c2)c(C)c1[N+](=O)[O-]. The zero-order valence-electron chi connectivity index (χ0n) is 17.1. The first kappa shape index (κ1) is 20.9. The van der Waals surface area contributed by atoms with Gasteiger partial charge in [0, 0.05) is 25.3 Å². The van der Waals surface area contributed by atoms with Crippen LogP contribution in [0.3, 0.4) is 0 Å². The summed E-state index contributed by atoms with van der Waals surface area (Å²) in [6.07, 6.45) is 0. The molecule has 1 saturated heterocycles. The lowest BCUT2D eigenvalue weighted by molar-refractivity contribution is -0.386. The Labute approximate surface area is 169 Å². The first-order valence-corrected chi connectivity index (χ1v) is 9.73. The number of amides is 1. The minimum Gasteiger partial charge on any atom is -0.379 e. The smallest absolute Gasteiger partial charge is 0.312 e. The van der Waals surface area contributed by atoms with Crippen LogP contribution >= 0.6 is 0 Å². The van der Waals surface area contributed by atoms with Crippen LogP contribution in [-0.4, -0.2) is 51.8 Å². The average Bonchev–Trinajstić information content (AvgIpc) is 2.96. The van der Waals surface area contributed by atoms with Crippen molar-refractivity contribution in [3.8, 4) is 0 Å². The van der Waals surface area contributed by atoms with Gasteiger partial charge < -0.3 is 10.1 Å². The minimum atomic E-state index is -0.432. The van der Waals surface area contributed by atoms with Gasteiger partial charge in [-0.15, -0.1) is 0 Å². The third-order valence-corrected chi connectivity index (χ3v) is 5.12. The largest absolute Gasteiger partial charge is 0.379 e. The van der Waals surface area contributed by atoms with Crippen molar-refractivity contribution in [2.45, 2.75) is 33.9 Å². The molecule has 29 heavy (non-hydrogen) atoms. The lowest BCUT2D eigenvalue weighted by Crippen LogP contribution is -2.35. The van der Waals surface area contributed by atoms with Crippen LogP contribution in [0.4, 0.5) is 11.4 Å². The number of carbonyl (C=O) groups is 1. The highest BCUT2D eigenvalue weighted by Crippen LogP contribution is 2.23. The van der Waals surface area contributed by atoms with E-state index in [1.54, 1.807) is 20.8 Å². The first-order valence-electron chi connectivity index (χ1n) is 9.73. The van der Waals surface area contributed by atoms with Crippen molar-refractivity contribution in [1.29, 1.82) is 0 Å². The van der Waals surface area contributed by atoms with Crippen molar-refractivity contribution in [2.24, 2.45) is 5.92 Å². The number of hydrogen-bond acceptors (Lipinski definition) is 6. The Hall–Kier alpha value is -2.78. The van der Waals surface area contributed by atoms with E-state index in [-0.39, 0.29) is 18.1 Å². The number of anilines is 1. The van der Waals surface area contributed by atoms with Gasteiger partial charge in [-0.05, 0) is 31.5 Å². The Bertz CT molecular complexity index is 889. The molecule has 1 fully saturated rings. The van der Waals surface area contributed by atoms with E-state index in [0.717, 1.165) is 44.1 Å². The van der Waals surface area contributed by atoms with E-state index >= 15 is 0 Å². The summed E-state index contributed by atoms with van der Waals surface area (Å²) in [7, 11) is 0. The standard InChI is InChI=1S/C20H27N5O4/c1-14(12-24-16(3)19(25(27)28)15(2)22-24)20(26)21-18-6-4-5-17(11-18)13-23-7-9-29-10-8-23/h4-6,11,14H,7-10,12-13H2,1-3H3,(H,21,26). The summed E-state index contributed by atoms with van der Waals surface area (Å²) in [5.41, 5.74) is 2.70. The lowest BCUT2D eigenvalue weighted by atomic mass is 10.1. The van der Waals surface area contributed by atoms with Gasteiger partial charge in [-0.3, -0.25) is 24.5 Å². The number of carbonyl (C=O) groups excluding carboxylic acids is 1. The maximum Gasteiger partial charge on any atom is 0.312 e. The maximum atomic E-state index is 12.6. The van der Waals surface area contributed by atoms with Gasteiger partial charge in [0.15, 0.2) is 0 Å². The summed E-state index contributed by atoms with van der Waals surface area (Å²) in [5, 5.41) is 18.3. The molecular formula is C20H27N5O4. The number of aromatic nitrogens is 2. The Morgan fingerprint density at radius 3 is 2.72 bits per heavy atom. The van der Waals surface area contributed by atoms with Crippen LogP contribution in [0.1, 0.15) is 23.9 Å². The second-order valence-electron chi connectivity index (χ2n) is 7.44. The highest BCUT2D eigenvalue weighted by atomic mass is 16.6. The topological polar surface area (TPSA) is 103 Å². The number of nitro groups is 1. The second-order valence-corrected chi connectivity index (χ2v) is 7.44. The van der Waals surface area contributed by atoms with Crippen LogP contribution in [0.15, 0.2) is 24.3 Å². The van der Waals surface area contributed by atoms with Crippen molar-refractivity contribution < 1.29 is 14.5 Å². The third-order valence-electron chi connectivity index (χ3n) is 5.12. The van der Waals surface area contributed by atoms with Crippen molar-refractivity contribution in [3.05, 3.63) is 51.3 Å². The summed E-state index contributed by atoms with van der Waals surface area (Å²) >= 11 is 0. The fraction of sp³-hybridized carbons (Fsp3) is 0.500. The third kappa shape index (κ3) is 5.18. The normalized spacial score (nSPS) is 15.8. The summed E-state index contributed by atoms with van der Waals surface area (Å²) in [6, 6.07) is 7.82. The molecule has 2 aromatic rings. The molecule has 1 aromatic heterocycles. The Kier molecular flexibility index (Phi) is 6.60. The van der Waals surface area contributed by atoms with E-state index in [1.807, 2.05) is 24.3 Å². The van der Waals surface area contributed by atoms with E-state index in [1.165, 1.54) is 4.68 Å². The zero-order valence-corrected chi connectivity index (χ0v) is 17.1. The molecule has 0 radical (unpaired) electrons. The monoisotopic (exact) mass is 401 g/mol. The summed E-state index contributed by atoms with van der Waals surface area (Å²) < 4.78 is 6.91. The molecule has 9 heteroatoms. The van der Waals surface area contributed by atoms with Gasteiger partial charge in [-0.25, -0.2) is 0 Å². The Morgan fingerprint density at radius 2 is 2.07 bits per heavy atom. The molecule has 1 atom stereocenters. The second kappa shape index (κ2) is 9.15.